The Morgan fingerprint density at radius 1 is 1.17 bits per heavy atom. The Hall–Kier alpha value is -3.86. The average molecular weight is 580 g/mol. The first-order valence-corrected chi connectivity index (χ1v) is 14.7. The summed E-state index contributed by atoms with van der Waals surface area (Å²) in [6, 6.07) is 6.58. The molecule has 3 aromatic rings. The van der Waals surface area contributed by atoms with Crippen LogP contribution in [0.2, 0.25) is 0 Å². The first kappa shape index (κ1) is 31.1. The number of rotatable bonds is 15. The minimum absolute atomic E-state index is 0.183. The standard InChI is InChI=1S/C31H42FN7O3/c1-31(2,3)27-18-28(36-21-35-27)38-26(30(40)41)11-14-39(15-16-42-25-17-23(32)19-33-20-25)13-5-4-8-24-10-9-22-7-6-12-34-29(22)37-24/h9-10,17-21,26H,4-8,11-16H2,1-3H3,(H,34,37)(H,40,41)(H,35,36,38). The van der Waals surface area contributed by atoms with Crippen molar-refractivity contribution in [3.8, 4) is 5.75 Å². The number of hydrogen-bond donors (Lipinski definition) is 3. The number of hydrogen-bond acceptors (Lipinski definition) is 9. The van der Waals surface area contributed by atoms with Crippen LogP contribution in [-0.2, 0) is 23.1 Å². The molecular weight excluding hydrogens is 537 g/mol. The molecule has 0 saturated heterocycles. The van der Waals surface area contributed by atoms with Crippen LogP contribution in [0.15, 0.2) is 43.0 Å². The highest BCUT2D eigenvalue weighted by atomic mass is 19.1. The van der Waals surface area contributed by atoms with Crippen molar-refractivity contribution in [1.82, 2.24) is 24.8 Å². The second-order valence-electron chi connectivity index (χ2n) is 11.7. The van der Waals surface area contributed by atoms with Crippen LogP contribution >= 0.6 is 0 Å². The Kier molecular flexibility index (Phi) is 11.0. The zero-order chi connectivity index (χ0) is 30.0. The maximum atomic E-state index is 13.5. The summed E-state index contributed by atoms with van der Waals surface area (Å²) in [5.74, 6) is 0.466. The Balaban J connectivity index is 1.33. The fourth-order valence-corrected chi connectivity index (χ4v) is 4.84. The number of aromatic nitrogens is 4. The van der Waals surface area contributed by atoms with Crippen molar-refractivity contribution in [2.24, 2.45) is 0 Å². The smallest absolute Gasteiger partial charge is 0.326 e. The highest BCUT2D eigenvalue weighted by Gasteiger charge is 2.21. The normalized spacial score (nSPS) is 13.7. The maximum absolute atomic E-state index is 13.5. The topological polar surface area (TPSA) is 125 Å². The van der Waals surface area contributed by atoms with Crippen LogP contribution in [0.1, 0.15) is 63.4 Å². The van der Waals surface area contributed by atoms with Gasteiger partial charge in [0.1, 0.15) is 42.2 Å². The summed E-state index contributed by atoms with van der Waals surface area (Å²) in [5, 5.41) is 16.4. The maximum Gasteiger partial charge on any atom is 0.326 e. The van der Waals surface area contributed by atoms with Gasteiger partial charge < -0.3 is 20.5 Å². The molecule has 0 saturated carbocycles. The molecule has 1 atom stereocenters. The molecule has 1 unspecified atom stereocenters. The van der Waals surface area contributed by atoms with Gasteiger partial charge in [0.25, 0.3) is 0 Å². The molecule has 11 heteroatoms. The fraction of sp³-hybridized carbons (Fsp3) is 0.516. The number of anilines is 2. The molecule has 0 spiro atoms. The van der Waals surface area contributed by atoms with Crippen LogP contribution in [0.3, 0.4) is 0 Å². The molecule has 3 N–H and O–H groups in total. The zero-order valence-electron chi connectivity index (χ0n) is 24.8. The summed E-state index contributed by atoms with van der Waals surface area (Å²) >= 11 is 0. The van der Waals surface area contributed by atoms with Crippen molar-refractivity contribution >= 4 is 17.6 Å². The first-order chi connectivity index (χ1) is 20.2. The van der Waals surface area contributed by atoms with Gasteiger partial charge in [0.2, 0.25) is 0 Å². The number of aliphatic carboxylic acids is 1. The van der Waals surface area contributed by atoms with E-state index in [-0.39, 0.29) is 5.41 Å². The van der Waals surface area contributed by atoms with E-state index in [4.69, 9.17) is 9.72 Å². The molecule has 1 aliphatic heterocycles. The SMILES string of the molecule is CC(C)(C)c1cc(NC(CCN(CCCCc2ccc3c(n2)NCCC3)CCOc2cncc(F)c2)C(=O)O)ncn1. The number of carboxylic acids is 1. The number of carboxylic acid groups (broad SMARTS) is 1. The third-order valence-electron chi connectivity index (χ3n) is 7.25. The summed E-state index contributed by atoms with van der Waals surface area (Å²) in [6.07, 6.45) is 9.38. The highest BCUT2D eigenvalue weighted by Crippen LogP contribution is 2.22. The Labute approximate surface area is 247 Å². The van der Waals surface area contributed by atoms with Gasteiger partial charge >= 0.3 is 5.97 Å². The van der Waals surface area contributed by atoms with Crippen molar-refractivity contribution in [3.05, 3.63) is 65.8 Å². The van der Waals surface area contributed by atoms with Crippen molar-refractivity contribution in [1.29, 1.82) is 0 Å². The van der Waals surface area contributed by atoms with E-state index in [0.717, 1.165) is 68.6 Å². The minimum atomic E-state index is -0.944. The van der Waals surface area contributed by atoms with Crippen LogP contribution in [0.25, 0.3) is 0 Å². The number of pyridine rings is 2. The Bertz CT molecular complexity index is 1320. The van der Waals surface area contributed by atoms with E-state index >= 15 is 0 Å². The third-order valence-corrected chi connectivity index (χ3v) is 7.25. The number of aryl methyl sites for hydroxylation is 2. The molecule has 0 amide bonds. The molecule has 226 valence electrons. The molecule has 0 aliphatic carbocycles. The van der Waals surface area contributed by atoms with Gasteiger partial charge in [-0.15, -0.1) is 0 Å². The van der Waals surface area contributed by atoms with Gasteiger partial charge in [-0.1, -0.05) is 26.8 Å². The highest BCUT2D eigenvalue weighted by molar-refractivity contribution is 5.76. The number of nitrogens with one attached hydrogen (secondary N) is 2. The van der Waals surface area contributed by atoms with Crippen LogP contribution < -0.4 is 15.4 Å². The molecule has 0 aromatic carbocycles. The quantitative estimate of drug-likeness (QED) is 0.218. The van der Waals surface area contributed by atoms with Gasteiger partial charge in [-0.2, -0.15) is 0 Å². The minimum Gasteiger partial charge on any atom is -0.491 e. The number of fused-ring (bicyclic) bond motifs is 1. The molecule has 1 aliphatic rings. The third kappa shape index (κ3) is 9.61. The molecule has 0 fully saturated rings. The number of halogens is 1. The van der Waals surface area contributed by atoms with E-state index < -0.39 is 17.8 Å². The van der Waals surface area contributed by atoms with E-state index in [1.165, 1.54) is 24.2 Å². The van der Waals surface area contributed by atoms with Crippen LogP contribution in [0, 0.1) is 5.82 Å². The molecular formula is C31H42FN7O3. The van der Waals surface area contributed by atoms with Gasteiger partial charge in [-0.3, -0.25) is 9.88 Å². The molecule has 42 heavy (non-hydrogen) atoms. The van der Waals surface area contributed by atoms with E-state index in [1.54, 1.807) is 6.07 Å². The van der Waals surface area contributed by atoms with Gasteiger partial charge in [0.15, 0.2) is 0 Å². The summed E-state index contributed by atoms with van der Waals surface area (Å²) in [5.41, 5.74) is 3.00. The monoisotopic (exact) mass is 579 g/mol. The van der Waals surface area contributed by atoms with Gasteiger partial charge in [0, 0.05) is 42.9 Å². The lowest BCUT2D eigenvalue weighted by Gasteiger charge is -2.25. The Morgan fingerprint density at radius 2 is 2.02 bits per heavy atom. The van der Waals surface area contributed by atoms with E-state index in [2.05, 4.69) is 42.6 Å². The summed E-state index contributed by atoms with van der Waals surface area (Å²) in [6.45, 7) is 9.30. The average Bonchev–Trinajstić information content (AvgIpc) is 2.96. The van der Waals surface area contributed by atoms with Crippen LogP contribution in [-0.4, -0.2) is 74.7 Å². The van der Waals surface area contributed by atoms with Crippen molar-refractivity contribution in [3.63, 3.8) is 0 Å². The zero-order valence-corrected chi connectivity index (χ0v) is 24.8. The largest absolute Gasteiger partial charge is 0.491 e. The number of nitrogens with zero attached hydrogens (tertiary/aromatic N) is 5. The van der Waals surface area contributed by atoms with Gasteiger partial charge in [0.05, 0.1) is 18.1 Å². The molecule has 0 radical (unpaired) electrons. The van der Waals surface area contributed by atoms with Crippen molar-refractivity contribution in [2.75, 3.05) is 43.4 Å². The second kappa shape index (κ2) is 14.9. The van der Waals surface area contributed by atoms with Gasteiger partial charge in [-0.25, -0.2) is 24.1 Å². The van der Waals surface area contributed by atoms with E-state index in [9.17, 15) is 14.3 Å². The number of carbonyl (C=O) groups is 1. The van der Waals surface area contributed by atoms with E-state index in [1.807, 2.05) is 20.8 Å². The predicted molar refractivity (Wildman–Crippen MR) is 161 cm³/mol. The number of unbranched alkanes of at least 4 members (excludes halogenated alkanes) is 1. The van der Waals surface area contributed by atoms with Gasteiger partial charge in [-0.05, 0) is 56.7 Å². The molecule has 4 rings (SSSR count). The van der Waals surface area contributed by atoms with Crippen LogP contribution in [0.4, 0.5) is 16.0 Å². The van der Waals surface area contributed by atoms with Crippen molar-refractivity contribution in [2.45, 2.75) is 70.8 Å². The summed E-state index contributed by atoms with van der Waals surface area (Å²) in [7, 11) is 0. The summed E-state index contributed by atoms with van der Waals surface area (Å²) < 4.78 is 19.2. The number of ether oxygens (including phenoxy) is 1. The second-order valence-corrected chi connectivity index (χ2v) is 11.7. The molecule has 10 nitrogen and oxygen atoms in total. The first-order valence-electron chi connectivity index (χ1n) is 14.7. The predicted octanol–water partition coefficient (Wildman–Crippen LogP) is 4.72. The Morgan fingerprint density at radius 3 is 2.81 bits per heavy atom. The summed E-state index contributed by atoms with van der Waals surface area (Å²) in [4.78, 5) is 31.5. The lowest BCUT2D eigenvalue weighted by atomic mass is 9.92. The van der Waals surface area contributed by atoms with Crippen LogP contribution in [0.5, 0.6) is 5.75 Å². The molecule has 0 bridgehead atoms. The lowest BCUT2D eigenvalue weighted by molar-refractivity contribution is -0.138. The van der Waals surface area contributed by atoms with E-state index in [0.29, 0.717) is 37.7 Å². The molecule has 3 aromatic heterocycles. The fourth-order valence-electron chi connectivity index (χ4n) is 4.84. The van der Waals surface area contributed by atoms with Crippen molar-refractivity contribution < 1.29 is 19.0 Å². The lowest BCUT2D eigenvalue weighted by Crippen LogP contribution is -2.37. The molecule has 4 heterocycles.